The van der Waals surface area contributed by atoms with E-state index in [1.165, 1.54) is 0 Å². The second-order valence-electron chi connectivity index (χ2n) is 1.93. The summed E-state index contributed by atoms with van der Waals surface area (Å²) in [6, 6.07) is 0. The largest absolute Gasteiger partial charge is 0.464 e. The molecule has 4 heteroatoms. The van der Waals surface area contributed by atoms with Crippen LogP contribution in [0.15, 0.2) is 5.10 Å². The first-order valence-electron chi connectivity index (χ1n) is 2.83. The molecule has 0 aromatic carbocycles. The van der Waals surface area contributed by atoms with E-state index in [0.29, 0.717) is 5.90 Å². The summed E-state index contributed by atoms with van der Waals surface area (Å²) in [4.78, 5) is 0. The molecule has 4 N–H and O–H groups in total. The third kappa shape index (κ3) is 2.92. The van der Waals surface area contributed by atoms with Crippen molar-refractivity contribution in [2.24, 2.45) is 22.6 Å². The summed E-state index contributed by atoms with van der Waals surface area (Å²) in [7, 11) is 0. The Bertz CT molecular complexity index is 100. The van der Waals surface area contributed by atoms with Crippen LogP contribution in [-0.2, 0) is 4.74 Å². The van der Waals surface area contributed by atoms with Gasteiger partial charge in [0, 0.05) is 5.92 Å². The molecule has 0 rings (SSSR count). The molecule has 54 valence electrons. The summed E-state index contributed by atoms with van der Waals surface area (Å²) in [6.45, 7) is 4.00. The number of rotatable bonds is 2. The second kappa shape index (κ2) is 4.14. The topological polar surface area (TPSA) is 73.6 Å². The molecule has 0 atom stereocenters. The number of hydrazone groups is 1. The number of hydrogen-bond acceptors (Lipinski definition) is 4. The van der Waals surface area contributed by atoms with Gasteiger partial charge in [0.2, 0.25) is 5.90 Å². The molecule has 0 saturated heterocycles. The summed E-state index contributed by atoms with van der Waals surface area (Å²) >= 11 is 0. The molecule has 0 bridgehead atoms. The third-order valence-corrected chi connectivity index (χ3v) is 0.852. The molecule has 0 unspecified atom stereocenters. The van der Waals surface area contributed by atoms with Crippen molar-refractivity contribution in [1.82, 2.24) is 0 Å². The van der Waals surface area contributed by atoms with Gasteiger partial charge in [0.25, 0.3) is 0 Å². The molecule has 0 spiro atoms. The first kappa shape index (κ1) is 8.23. The molecule has 0 aliphatic rings. The molecule has 4 nitrogen and oxygen atoms in total. The highest BCUT2D eigenvalue weighted by atomic mass is 16.5. The molecule has 9 heavy (non-hydrogen) atoms. The van der Waals surface area contributed by atoms with E-state index in [0.717, 1.165) is 0 Å². The molecular formula is C5H13N3O. The summed E-state index contributed by atoms with van der Waals surface area (Å²) in [5.41, 5.74) is 5.08. The Morgan fingerprint density at radius 2 is 2.22 bits per heavy atom. The van der Waals surface area contributed by atoms with Gasteiger partial charge in [0.1, 0.15) is 6.73 Å². The quantitative estimate of drug-likeness (QED) is 0.180. The predicted octanol–water partition coefficient (Wildman–Crippen LogP) is -0.153. The Labute approximate surface area is 54.9 Å². The number of hydrogen-bond donors (Lipinski definition) is 2. The van der Waals surface area contributed by atoms with Crippen LogP contribution in [0.1, 0.15) is 13.8 Å². The van der Waals surface area contributed by atoms with Gasteiger partial charge in [-0.05, 0) is 0 Å². The molecule has 0 heterocycles. The highest BCUT2D eigenvalue weighted by Gasteiger charge is 2.03. The molecule has 0 aromatic rings. The van der Waals surface area contributed by atoms with E-state index >= 15 is 0 Å². The minimum Gasteiger partial charge on any atom is -0.464 e. The van der Waals surface area contributed by atoms with Gasteiger partial charge in [-0.2, -0.15) is 0 Å². The Kier molecular flexibility index (Phi) is 3.79. The summed E-state index contributed by atoms with van der Waals surface area (Å²) in [5.74, 6) is 5.67. The fourth-order valence-electron chi connectivity index (χ4n) is 0.438. The van der Waals surface area contributed by atoms with Crippen LogP contribution < -0.4 is 11.6 Å². The first-order valence-corrected chi connectivity index (χ1v) is 2.83. The lowest BCUT2D eigenvalue weighted by atomic mass is 10.2. The normalized spacial score (nSPS) is 12.2. The standard InChI is InChI=1S/C5H13N3O/c1-4(2)5(8-7)9-3-6/h4H,3,6-7H2,1-2H3/b8-5-. The number of nitrogens with two attached hydrogens (primary N) is 2. The maximum absolute atomic E-state index is 5.08. The monoisotopic (exact) mass is 131 g/mol. The predicted molar refractivity (Wildman–Crippen MR) is 36.6 cm³/mol. The van der Waals surface area contributed by atoms with Crippen molar-refractivity contribution < 1.29 is 4.74 Å². The molecule has 0 aliphatic carbocycles. The Balaban J connectivity index is 3.70. The van der Waals surface area contributed by atoms with Crippen LogP contribution in [0.3, 0.4) is 0 Å². The maximum Gasteiger partial charge on any atom is 0.209 e. The van der Waals surface area contributed by atoms with Crippen molar-refractivity contribution in [2.75, 3.05) is 6.73 Å². The Hall–Kier alpha value is -0.770. The average Bonchev–Trinajstić information content (AvgIpc) is 1.82. The van der Waals surface area contributed by atoms with Crippen molar-refractivity contribution in [1.29, 1.82) is 0 Å². The zero-order chi connectivity index (χ0) is 7.28. The SMILES string of the molecule is CC(C)/C(=N/N)OCN. The lowest BCUT2D eigenvalue weighted by Crippen LogP contribution is -2.18. The van der Waals surface area contributed by atoms with Crippen molar-refractivity contribution in [2.45, 2.75) is 13.8 Å². The third-order valence-electron chi connectivity index (χ3n) is 0.852. The minimum atomic E-state index is 0.133. The van der Waals surface area contributed by atoms with Crippen molar-refractivity contribution in [3.05, 3.63) is 0 Å². The molecule has 0 radical (unpaired) electrons. The molecular weight excluding hydrogens is 118 g/mol. The van der Waals surface area contributed by atoms with E-state index in [2.05, 4.69) is 5.10 Å². The van der Waals surface area contributed by atoms with Crippen LogP contribution in [0.5, 0.6) is 0 Å². The van der Waals surface area contributed by atoms with Crippen molar-refractivity contribution in [3.8, 4) is 0 Å². The van der Waals surface area contributed by atoms with Crippen LogP contribution in [0.4, 0.5) is 0 Å². The summed E-state index contributed by atoms with van der Waals surface area (Å²) in [5, 5.41) is 3.39. The lowest BCUT2D eigenvalue weighted by Gasteiger charge is -2.07. The van der Waals surface area contributed by atoms with E-state index in [4.69, 9.17) is 16.3 Å². The van der Waals surface area contributed by atoms with E-state index in [9.17, 15) is 0 Å². The van der Waals surface area contributed by atoms with Crippen LogP contribution in [0, 0.1) is 5.92 Å². The number of nitrogens with zero attached hydrogens (tertiary/aromatic N) is 1. The Morgan fingerprint density at radius 3 is 2.33 bits per heavy atom. The highest BCUT2D eigenvalue weighted by Crippen LogP contribution is 1.95. The van der Waals surface area contributed by atoms with Gasteiger partial charge >= 0.3 is 0 Å². The smallest absolute Gasteiger partial charge is 0.209 e. The van der Waals surface area contributed by atoms with Gasteiger partial charge < -0.3 is 10.6 Å². The Morgan fingerprint density at radius 1 is 1.67 bits per heavy atom. The van der Waals surface area contributed by atoms with Gasteiger partial charge in [-0.15, -0.1) is 5.10 Å². The maximum atomic E-state index is 5.08. The van der Waals surface area contributed by atoms with E-state index in [1.54, 1.807) is 0 Å². The van der Waals surface area contributed by atoms with Gasteiger partial charge in [0.15, 0.2) is 0 Å². The van der Waals surface area contributed by atoms with Gasteiger partial charge in [-0.25, -0.2) is 0 Å². The first-order chi connectivity index (χ1) is 4.22. The van der Waals surface area contributed by atoms with Crippen LogP contribution >= 0.6 is 0 Å². The van der Waals surface area contributed by atoms with E-state index in [-0.39, 0.29) is 12.6 Å². The molecule has 0 amide bonds. The fourth-order valence-corrected chi connectivity index (χ4v) is 0.438. The van der Waals surface area contributed by atoms with Crippen LogP contribution in [0.2, 0.25) is 0 Å². The number of ether oxygens (including phenoxy) is 1. The molecule has 0 fully saturated rings. The molecule has 0 aliphatic heterocycles. The van der Waals surface area contributed by atoms with Crippen molar-refractivity contribution >= 4 is 5.90 Å². The van der Waals surface area contributed by atoms with Gasteiger partial charge in [-0.1, -0.05) is 13.8 Å². The van der Waals surface area contributed by atoms with E-state index in [1.807, 2.05) is 13.8 Å². The fraction of sp³-hybridized carbons (Fsp3) is 0.800. The zero-order valence-corrected chi connectivity index (χ0v) is 5.79. The lowest BCUT2D eigenvalue weighted by molar-refractivity contribution is 0.295. The second-order valence-corrected chi connectivity index (χ2v) is 1.93. The van der Waals surface area contributed by atoms with Crippen LogP contribution in [0.25, 0.3) is 0 Å². The zero-order valence-electron chi connectivity index (χ0n) is 5.79. The van der Waals surface area contributed by atoms with Gasteiger partial charge in [0.05, 0.1) is 0 Å². The summed E-state index contributed by atoms with van der Waals surface area (Å²) in [6.07, 6.45) is 0. The average molecular weight is 131 g/mol. The molecule has 0 saturated carbocycles. The van der Waals surface area contributed by atoms with E-state index < -0.39 is 0 Å². The minimum absolute atomic E-state index is 0.133. The highest BCUT2D eigenvalue weighted by molar-refractivity contribution is 5.77. The molecule has 0 aromatic heterocycles. The van der Waals surface area contributed by atoms with Gasteiger partial charge in [-0.3, -0.25) is 5.73 Å². The summed E-state index contributed by atoms with van der Waals surface area (Å²) < 4.78 is 4.86. The van der Waals surface area contributed by atoms with Crippen LogP contribution in [-0.4, -0.2) is 12.6 Å². The van der Waals surface area contributed by atoms with Crippen molar-refractivity contribution in [3.63, 3.8) is 0 Å².